The number of halogens is 2. The Hall–Kier alpha value is -1.57. The quantitative estimate of drug-likeness (QED) is 0.643. The molecule has 144 valence electrons. The van der Waals surface area contributed by atoms with E-state index in [1.165, 1.54) is 0 Å². The third-order valence-corrected chi connectivity index (χ3v) is 6.94. The van der Waals surface area contributed by atoms with Crippen LogP contribution in [0.3, 0.4) is 0 Å². The summed E-state index contributed by atoms with van der Waals surface area (Å²) in [6.45, 7) is 0.172. The molecule has 27 heavy (non-hydrogen) atoms. The summed E-state index contributed by atoms with van der Waals surface area (Å²) in [5.41, 5.74) is 0.890. The number of ether oxygens (including phenoxy) is 1. The Morgan fingerprint density at radius 3 is 2.41 bits per heavy atom. The van der Waals surface area contributed by atoms with Gasteiger partial charge in [0.2, 0.25) is 0 Å². The second-order valence-electron chi connectivity index (χ2n) is 6.45. The van der Waals surface area contributed by atoms with Gasteiger partial charge < -0.3 is 9.64 Å². The Bertz CT molecular complexity index is 900. The maximum absolute atomic E-state index is 12.8. The molecule has 0 bridgehead atoms. The fourth-order valence-corrected chi connectivity index (χ4v) is 5.11. The predicted molar refractivity (Wildman–Crippen MR) is 109 cm³/mol. The molecule has 0 radical (unpaired) electrons. The highest BCUT2D eigenvalue weighted by atomic mass is 79.9. The van der Waals surface area contributed by atoms with E-state index in [0.717, 1.165) is 10.0 Å². The van der Waals surface area contributed by atoms with Gasteiger partial charge in [-0.15, -0.1) is 0 Å². The van der Waals surface area contributed by atoms with Gasteiger partial charge in [-0.1, -0.05) is 39.7 Å². The number of nitrogens with zero attached hydrogens (tertiary/aromatic N) is 1. The van der Waals surface area contributed by atoms with Gasteiger partial charge in [0.25, 0.3) is 5.91 Å². The van der Waals surface area contributed by atoms with Gasteiger partial charge in [-0.3, -0.25) is 4.79 Å². The van der Waals surface area contributed by atoms with Gasteiger partial charge in [-0.2, -0.15) is 0 Å². The van der Waals surface area contributed by atoms with Crippen LogP contribution in [0, 0.1) is 0 Å². The molecule has 2 aromatic rings. The molecule has 1 atom stereocenters. The molecule has 0 unspecified atom stereocenters. The zero-order chi connectivity index (χ0) is 19.4. The lowest BCUT2D eigenvalue weighted by atomic mass is 10.1. The Balaban J connectivity index is 1.72. The largest absolute Gasteiger partial charge is 0.484 e. The second-order valence-corrected chi connectivity index (χ2v) is 10.0. The van der Waals surface area contributed by atoms with E-state index in [0.29, 0.717) is 23.7 Å². The number of amides is 1. The van der Waals surface area contributed by atoms with Crippen LogP contribution in [-0.2, 0) is 21.2 Å². The van der Waals surface area contributed by atoms with Crippen molar-refractivity contribution in [3.8, 4) is 5.75 Å². The molecule has 1 fully saturated rings. The lowest BCUT2D eigenvalue weighted by Crippen LogP contribution is -2.43. The average Bonchev–Trinajstić information content (AvgIpc) is 3.00. The van der Waals surface area contributed by atoms with Gasteiger partial charge in [0.1, 0.15) is 5.75 Å². The van der Waals surface area contributed by atoms with Crippen LogP contribution in [0.1, 0.15) is 12.0 Å². The van der Waals surface area contributed by atoms with Crippen molar-refractivity contribution in [2.45, 2.75) is 19.0 Å². The van der Waals surface area contributed by atoms with Crippen molar-refractivity contribution < 1.29 is 17.9 Å². The van der Waals surface area contributed by atoms with Gasteiger partial charge in [0.05, 0.1) is 11.5 Å². The number of hydrogen-bond acceptors (Lipinski definition) is 4. The molecule has 1 saturated heterocycles. The van der Waals surface area contributed by atoms with Crippen LogP contribution in [0.2, 0.25) is 5.02 Å². The van der Waals surface area contributed by atoms with Gasteiger partial charge in [-0.25, -0.2) is 8.42 Å². The van der Waals surface area contributed by atoms with Gasteiger partial charge in [-0.05, 0) is 48.4 Å². The number of rotatable bonds is 6. The van der Waals surface area contributed by atoms with Crippen LogP contribution in [0.15, 0.2) is 53.0 Å². The van der Waals surface area contributed by atoms with E-state index in [1.807, 2.05) is 24.3 Å². The molecule has 0 saturated carbocycles. The van der Waals surface area contributed by atoms with Crippen LogP contribution in [0.25, 0.3) is 0 Å². The van der Waals surface area contributed by atoms with Crippen molar-refractivity contribution in [3.63, 3.8) is 0 Å². The van der Waals surface area contributed by atoms with E-state index < -0.39 is 9.84 Å². The maximum Gasteiger partial charge on any atom is 0.261 e. The number of carbonyl (C=O) groups excluding carboxylic acids is 1. The molecular formula is C19H19BrClNO4S. The van der Waals surface area contributed by atoms with E-state index >= 15 is 0 Å². The summed E-state index contributed by atoms with van der Waals surface area (Å²) >= 11 is 9.27. The Kier molecular flexibility index (Phi) is 6.44. The van der Waals surface area contributed by atoms with E-state index in [4.69, 9.17) is 16.3 Å². The minimum atomic E-state index is -3.11. The molecule has 0 aliphatic carbocycles. The lowest BCUT2D eigenvalue weighted by Gasteiger charge is -2.28. The first-order chi connectivity index (χ1) is 12.8. The summed E-state index contributed by atoms with van der Waals surface area (Å²) in [4.78, 5) is 14.4. The van der Waals surface area contributed by atoms with Crippen molar-refractivity contribution in [3.05, 3.63) is 63.6 Å². The van der Waals surface area contributed by atoms with Crippen LogP contribution in [0.4, 0.5) is 0 Å². The van der Waals surface area contributed by atoms with Crippen LogP contribution in [0.5, 0.6) is 5.75 Å². The standard InChI is InChI=1S/C19H19BrClNO4S/c20-15-3-7-18(8-4-15)26-12-19(23)22(17-9-10-27(24,25)13-17)11-14-1-5-16(21)6-2-14/h1-8,17H,9-13H2/t17-/m1/s1. The Morgan fingerprint density at radius 2 is 1.81 bits per heavy atom. The normalized spacial score (nSPS) is 18.2. The molecule has 1 aliphatic heterocycles. The van der Waals surface area contributed by atoms with E-state index in [2.05, 4.69) is 15.9 Å². The van der Waals surface area contributed by atoms with E-state index in [9.17, 15) is 13.2 Å². The first-order valence-corrected chi connectivity index (χ1v) is 11.4. The third-order valence-electron chi connectivity index (χ3n) is 4.41. The Labute approximate surface area is 172 Å². The highest BCUT2D eigenvalue weighted by molar-refractivity contribution is 9.10. The Morgan fingerprint density at radius 1 is 1.15 bits per heavy atom. The summed E-state index contributed by atoms with van der Waals surface area (Å²) in [6.07, 6.45) is 0.444. The lowest BCUT2D eigenvalue weighted by molar-refractivity contribution is -0.136. The molecule has 5 nitrogen and oxygen atoms in total. The fraction of sp³-hybridized carbons (Fsp3) is 0.316. The number of carbonyl (C=O) groups is 1. The minimum Gasteiger partial charge on any atom is -0.484 e. The highest BCUT2D eigenvalue weighted by Crippen LogP contribution is 2.22. The first kappa shape index (κ1) is 20.2. The summed E-state index contributed by atoms with van der Waals surface area (Å²) < 4.78 is 30.3. The fourth-order valence-electron chi connectivity index (χ4n) is 2.99. The zero-order valence-electron chi connectivity index (χ0n) is 14.5. The minimum absolute atomic E-state index is 0.00931. The van der Waals surface area contributed by atoms with Gasteiger partial charge in [0, 0.05) is 22.1 Å². The first-order valence-electron chi connectivity index (χ1n) is 8.45. The monoisotopic (exact) mass is 471 g/mol. The maximum atomic E-state index is 12.8. The highest BCUT2D eigenvalue weighted by Gasteiger charge is 2.34. The molecule has 1 heterocycles. The second kappa shape index (κ2) is 8.63. The van der Waals surface area contributed by atoms with Crippen LogP contribution < -0.4 is 4.74 Å². The van der Waals surface area contributed by atoms with Crippen molar-refractivity contribution >= 4 is 43.3 Å². The molecule has 2 aromatic carbocycles. The molecule has 0 spiro atoms. The SMILES string of the molecule is O=C(COc1ccc(Br)cc1)N(Cc1ccc(Cl)cc1)[C@@H]1CCS(=O)(=O)C1. The zero-order valence-corrected chi connectivity index (χ0v) is 17.6. The summed E-state index contributed by atoms with van der Waals surface area (Å²) in [5, 5.41) is 0.610. The number of sulfone groups is 1. The molecular weight excluding hydrogens is 454 g/mol. The van der Waals surface area contributed by atoms with E-state index in [-0.39, 0.29) is 30.1 Å². The van der Waals surface area contributed by atoms with Crippen molar-refractivity contribution in [2.24, 2.45) is 0 Å². The molecule has 1 aliphatic rings. The van der Waals surface area contributed by atoms with Gasteiger partial charge >= 0.3 is 0 Å². The van der Waals surface area contributed by atoms with Crippen LogP contribution in [-0.4, -0.2) is 43.4 Å². The van der Waals surface area contributed by atoms with Crippen molar-refractivity contribution in [1.82, 2.24) is 4.90 Å². The molecule has 8 heteroatoms. The van der Waals surface area contributed by atoms with Crippen LogP contribution >= 0.6 is 27.5 Å². The summed E-state index contributed by atoms with van der Waals surface area (Å²) in [7, 11) is -3.11. The number of benzene rings is 2. The molecule has 0 N–H and O–H groups in total. The number of hydrogen-bond donors (Lipinski definition) is 0. The average molecular weight is 473 g/mol. The third kappa shape index (κ3) is 5.70. The van der Waals surface area contributed by atoms with Crippen molar-refractivity contribution in [2.75, 3.05) is 18.1 Å². The topological polar surface area (TPSA) is 63.7 Å². The smallest absolute Gasteiger partial charge is 0.261 e. The van der Waals surface area contributed by atoms with Crippen molar-refractivity contribution in [1.29, 1.82) is 0 Å². The van der Waals surface area contributed by atoms with E-state index in [1.54, 1.807) is 29.2 Å². The molecule has 3 rings (SSSR count). The van der Waals surface area contributed by atoms with Gasteiger partial charge in [0.15, 0.2) is 16.4 Å². The molecule has 1 amide bonds. The predicted octanol–water partition coefficient (Wildman–Crippen LogP) is 3.70. The summed E-state index contributed by atoms with van der Waals surface area (Å²) in [6, 6.07) is 14.0. The summed E-state index contributed by atoms with van der Waals surface area (Å²) in [5.74, 6) is 0.437. The molecule has 0 aromatic heterocycles.